The molecule has 4 N–H and O–H groups in total. The normalized spacial score (nSPS) is 12.1. The molecule has 0 aromatic heterocycles. The monoisotopic (exact) mass is 378 g/mol. The Morgan fingerprint density at radius 3 is 1.29 bits per heavy atom. The van der Waals surface area contributed by atoms with E-state index in [4.69, 9.17) is 0 Å². The van der Waals surface area contributed by atoms with Gasteiger partial charge in [-0.25, -0.2) is 0 Å². The number of aromatic hydroxyl groups is 4. The predicted molar refractivity (Wildman–Crippen MR) is 110 cm³/mol. The molecule has 0 aliphatic carbocycles. The van der Waals surface area contributed by atoms with Crippen LogP contribution in [0.15, 0.2) is 60.7 Å². The molecule has 0 saturated carbocycles. The van der Waals surface area contributed by atoms with Gasteiger partial charge in [-0.15, -0.1) is 0 Å². The van der Waals surface area contributed by atoms with Crippen molar-refractivity contribution in [3.63, 3.8) is 0 Å². The summed E-state index contributed by atoms with van der Waals surface area (Å²) < 4.78 is 0. The summed E-state index contributed by atoms with van der Waals surface area (Å²) in [5.74, 6) is -0.229. The fourth-order valence-electron chi connectivity index (χ4n) is 3.65. The van der Waals surface area contributed by atoms with Crippen LogP contribution in [0.4, 0.5) is 0 Å². The fourth-order valence-corrected chi connectivity index (χ4v) is 3.65. The molecule has 0 bridgehead atoms. The second-order valence-corrected chi connectivity index (χ2v) is 8.36. The maximum atomic E-state index is 10.6. The molecule has 0 fully saturated rings. The number of benzene rings is 3. The van der Waals surface area contributed by atoms with Gasteiger partial charge in [-0.2, -0.15) is 0 Å². The van der Waals surface area contributed by atoms with Gasteiger partial charge >= 0.3 is 0 Å². The number of rotatable bonds is 3. The Morgan fingerprint density at radius 2 is 0.929 bits per heavy atom. The Balaban J connectivity index is 2.28. The molecule has 0 aliphatic heterocycles. The highest BCUT2D eigenvalue weighted by atomic mass is 16.3. The van der Waals surface area contributed by atoms with Crippen molar-refractivity contribution >= 4 is 0 Å². The largest absolute Gasteiger partial charge is 0.508 e. The topological polar surface area (TPSA) is 80.9 Å². The Bertz CT molecular complexity index is 947. The summed E-state index contributed by atoms with van der Waals surface area (Å²) in [6, 6.07) is 16.9. The van der Waals surface area contributed by atoms with Crippen LogP contribution in [0, 0.1) is 0 Å². The van der Waals surface area contributed by atoms with Crippen LogP contribution in [0.1, 0.15) is 49.9 Å². The molecular weight excluding hydrogens is 352 g/mol. The van der Waals surface area contributed by atoms with E-state index in [2.05, 4.69) is 20.8 Å². The Labute approximate surface area is 165 Å². The molecule has 0 heterocycles. The minimum Gasteiger partial charge on any atom is -0.508 e. The van der Waals surface area contributed by atoms with Crippen molar-refractivity contribution in [1.82, 2.24) is 0 Å². The van der Waals surface area contributed by atoms with Crippen LogP contribution in [0.2, 0.25) is 0 Å². The van der Waals surface area contributed by atoms with Crippen molar-refractivity contribution < 1.29 is 20.4 Å². The zero-order chi connectivity index (χ0) is 20.7. The third-order valence-corrected chi connectivity index (χ3v) is 5.37. The van der Waals surface area contributed by atoms with E-state index in [1.165, 1.54) is 29.8 Å². The highest BCUT2D eigenvalue weighted by Crippen LogP contribution is 2.47. The lowest BCUT2D eigenvalue weighted by Gasteiger charge is -2.33. The van der Waals surface area contributed by atoms with Crippen LogP contribution in [0.3, 0.4) is 0 Å². The fraction of sp³-hybridized carbons (Fsp3) is 0.250. The molecule has 146 valence electrons. The Hall–Kier alpha value is -3.14. The number of phenols is 4. The lowest BCUT2D eigenvalue weighted by molar-refractivity contribution is 0.427. The van der Waals surface area contributed by atoms with Crippen LogP contribution in [0.5, 0.6) is 23.0 Å². The number of hydrogen-bond acceptors (Lipinski definition) is 4. The summed E-state index contributed by atoms with van der Waals surface area (Å²) in [4.78, 5) is 0. The molecule has 4 heteroatoms. The maximum absolute atomic E-state index is 10.6. The van der Waals surface area contributed by atoms with Gasteiger partial charge in [0.1, 0.15) is 23.0 Å². The van der Waals surface area contributed by atoms with Crippen molar-refractivity contribution in [2.45, 2.75) is 38.5 Å². The molecule has 0 amide bonds. The second kappa shape index (κ2) is 6.79. The predicted octanol–water partition coefficient (Wildman–Crippen LogP) is 5.16. The van der Waals surface area contributed by atoms with Crippen molar-refractivity contribution in [3.8, 4) is 23.0 Å². The second-order valence-electron chi connectivity index (χ2n) is 8.36. The van der Waals surface area contributed by atoms with E-state index < -0.39 is 5.41 Å². The molecule has 4 nitrogen and oxygen atoms in total. The van der Waals surface area contributed by atoms with E-state index >= 15 is 0 Å². The lowest BCUT2D eigenvalue weighted by atomic mass is 9.69. The first kappa shape index (κ1) is 19.6. The average molecular weight is 378 g/mol. The first-order chi connectivity index (χ1) is 13.0. The molecule has 3 aromatic carbocycles. The van der Waals surface area contributed by atoms with Gasteiger partial charge in [0.05, 0.1) is 0 Å². The molecule has 0 radical (unpaired) electrons. The highest BCUT2D eigenvalue weighted by molar-refractivity contribution is 5.59. The van der Waals surface area contributed by atoms with Crippen LogP contribution < -0.4 is 0 Å². The highest BCUT2D eigenvalue weighted by Gasteiger charge is 2.36. The smallest absolute Gasteiger partial charge is 0.123 e. The van der Waals surface area contributed by atoms with Gasteiger partial charge in [-0.3, -0.25) is 0 Å². The van der Waals surface area contributed by atoms with Crippen molar-refractivity contribution in [3.05, 3.63) is 82.9 Å². The maximum Gasteiger partial charge on any atom is 0.123 e. The van der Waals surface area contributed by atoms with E-state index in [0.717, 1.165) is 5.56 Å². The Kier molecular flexibility index (Phi) is 4.76. The zero-order valence-electron chi connectivity index (χ0n) is 16.6. The zero-order valence-corrected chi connectivity index (χ0v) is 16.6. The first-order valence-corrected chi connectivity index (χ1v) is 9.19. The minimum atomic E-state index is -0.911. The molecule has 0 unspecified atom stereocenters. The van der Waals surface area contributed by atoms with Gasteiger partial charge in [0, 0.05) is 28.7 Å². The Morgan fingerprint density at radius 1 is 0.536 bits per heavy atom. The van der Waals surface area contributed by atoms with E-state index in [0.29, 0.717) is 11.1 Å². The summed E-state index contributed by atoms with van der Waals surface area (Å²) in [5, 5.41) is 40.6. The minimum absolute atomic E-state index is 0.00369. The molecule has 0 atom stereocenters. The van der Waals surface area contributed by atoms with Gasteiger partial charge in [0.25, 0.3) is 0 Å². The first-order valence-electron chi connectivity index (χ1n) is 9.19. The molecule has 3 rings (SSSR count). The van der Waals surface area contributed by atoms with Gasteiger partial charge in [0.15, 0.2) is 0 Å². The van der Waals surface area contributed by atoms with E-state index in [-0.39, 0.29) is 28.4 Å². The standard InChI is InChI=1S/C24H26O4/c1-23(2,3)15-5-7-16(8-6-15)24(4,19-11-9-17(25)13-21(19)27)20-12-10-18(26)14-22(20)28/h5-14,25-28H,1-4H3. The SMILES string of the molecule is CC(C)(C)c1ccc(C(C)(c2ccc(O)cc2O)c2ccc(O)cc2O)cc1. The molecule has 28 heavy (non-hydrogen) atoms. The van der Waals surface area contributed by atoms with E-state index in [1.54, 1.807) is 12.1 Å². The van der Waals surface area contributed by atoms with Crippen molar-refractivity contribution in [1.29, 1.82) is 0 Å². The molecule has 0 spiro atoms. The summed E-state index contributed by atoms with van der Waals surface area (Å²) in [6.07, 6.45) is 0. The van der Waals surface area contributed by atoms with Crippen LogP contribution in [0.25, 0.3) is 0 Å². The van der Waals surface area contributed by atoms with Crippen molar-refractivity contribution in [2.75, 3.05) is 0 Å². The number of phenolic OH excluding ortho intramolecular Hbond substituents is 4. The number of hydrogen-bond donors (Lipinski definition) is 4. The van der Waals surface area contributed by atoms with E-state index in [1.807, 2.05) is 31.2 Å². The van der Waals surface area contributed by atoms with Gasteiger partial charge in [-0.05, 0) is 35.6 Å². The molecular formula is C24H26O4. The van der Waals surface area contributed by atoms with Gasteiger partial charge in [0.2, 0.25) is 0 Å². The lowest BCUT2D eigenvalue weighted by Crippen LogP contribution is -2.26. The average Bonchev–Trinajstić information content (AvgIpc) is 2.60. The summed E-state index contributed by atoms with van der Waals surface area (Å²) in [5.41, 5.74) is 2.19. The van der Waals surface area contributed by atoms with Gasteiger partial charge < -0.3 is 20.4 Å². The van der Waals surface area contributed by atoms with E-state index in [9.17, 15) is 20.4 Å². The van der Waals surface area contributed by atoms with Crippen molar-refractivity contribution in [2.24, 2.45) is 0 Å². The summed E-state index contributed by atoms with van der Waals surface area (Å²) in [7, 11) is 0. The third kappa shape index (κ3) is 3.38. The third-order valence-electron chi connectivity index (χ3n) is 5.37. The molecule has 0 aliphatic rings. The molecule has 0 saturated heterocycles. The summed E-state index contributed by atoms with van der Waals surface area (Å²) >= 11 is 0. The summed E-state index contributed by atoms with van der Waals surface area (Å²) in [6.45, 7) is 8.31. The van der Waals surface area contributed by atoms with Crippen LogP contribution >= 0.6 is 0 Å². The van der Waals surface area contributed by atoms with Gasteiger partial charge in [-0.1, -0.05) is 57.2 Å². The quantitative estimate of drug-likeness (QED) is 0.475. The molecule has 3 aromatic rings. The van der Waals surface area contributed by atoms with Crippen LogP contribution in [-0.2, 0) is 10.8 Å². The van der Waals surface area contributed by atoms with Crippen LogP contribution in [-0.4, -0.2) is 20.4 Å².